The van der Waals surface area contributed by atoms with Gasteiger partial charge in [-0.25, -0.2) is 4.57 Å². The fourth-order valence-corrected chi connectivity index (χ4v) is 6.27. The van der Waals surface area contributed by atoms with E-state index in [9.17, 15) is 19.0 Å². The van der Waals surface area contributed by atoms with Crippen molar-refractivity contribution in [2.45, 2.75) is 174 Å². The SMILES string of the molecule is CC/C=C\C/C=C\C/C=C\C/C=C\CCCCC(=O)OC(COC(=O)CCCCCCCCCCCCCCCCC)COP(=O)(O)OCC[N+](C)(C)C. The number of hydrogen-bond acceptors (Lipinski definition) is 7. The van der Waals surface area contributed by atoms with Gasteiger partial charge in [-0.05, 0) is 51.4 Å². The van der Waals surface area contributed by atoms with Crippen LogP contribution in [0.25, 0.3) is 0 Å². The van der Waals surface area contributed by atoms with Crippen molar-refractivity contribution in [3.05, 3.63) is 48.6 Å². The quantitative estimate of drug-likeness (QED) is 0.0217. The van der Waals surface area contributed by atoms with Crippen LogP contribution in [0.2, 0.25) is 0 Å². The summed E-state index contributed by atoms with van der Waals surface area (Å²) in [5.41, 5.74) is 0. The molecule has 0 saturated heterocycles. The molecule has 0 spiro atoms. The number of likely N-dealkylation sites (N-methyl/N-ethyl adjacent to an activating group) is 1. The largest absolute Gasteiger partial charge is 0.472 e. The molecule has 10 heteroatoms. The van der Waals surface area contributed by atoms with E-state index in [0.29, 0.717) is 17.4 Å². The fourth-order valence-electron chi connectivity index (χ4n) is 5.53. The van der Waals surface area contributed by atoms with Crippen LogP contribution in [0.4, 0.5) is 0 Å². The molecule has 0 bridgehead atoms. The summed E-state index contributed by atoms with van der Waals surface area (Å²) >= 11 is 0. The number of carbonyl (C=O) groups is 2. The van der Waals surface area contributed by atoms with Crippen molar-refractivity contribution in [1.29, 1.82) is 0 Å². The lowest BCUT2D eigenvalue weighted by atomic mass is 10.0. The van der Waals surface area contributed by atoms with Gasteiger partial charge in [-0.1, -0.05) is 152 Å². The zero-order valence-electron chi connectivity index (χ0n) is 35.2. The fraction of sp³-hybridized carbons (Fsp3) is 0.773. The topological polar surface area (TPSA) is 108 Å². The van der Waals surface area contributed by atoms with E-state index in [1.54, 1.807) is 0 Å². The Labute approximate surface area is 331 Å². The van der Waals surface area contributed by atoms with Crippen LogP contribution < -0.4 is 0 Å². The number of unbranched alkanes of at least 4 members (excludes halogenated alkanes) is 16. The third-order valence-corrected chi connectivity index (χ3v) is 9.86. The van der Waals surface area contributed by atoms with E-state index in [0.717, 1.165) is 57.8 Å². The van der Waals surface area contributed by atoms with Crippen molar-refractivity contribution in [3.63, 3.8) is 0 Å². The van der Waals surface area contributed by atoms with Gasteiger partial charge >= 0.3 is 19.8 Å². The Hall–Kier alpha value is -2.03. The van der Waals surface area contributed by atoms with Gasteiger partial charge in [0.05, 0.1) is 27.7 Å². The molecule has 2 unspecified atom stereocenters. The van der Waals surface area contributed by atoms with E-state index in [2.05, 4.69) is 62.5 Å². The van der Waals surface area contributed by atoms with Gasteiger partial charge in [0.15, 0.2) is 6.10 Å². The Bertz CT molecular complexity index is 1070. The summed E-state index contributed by atoms with van der Waals surface area (Å²) in [4.78, 5) is 35.3. The average Bonchev–Trinajstić information content (AvgIpc) is 3.12. The van der Waals surface area contributed by atoms with Crippen LogP contribution in [-0.2, 0) is 32.7 Å². The van der Waals surface area contributed by atoms with Gasteiger partial charge in [0, 0.05) is 12.8 Å². The van der Waals surface area contributed by atoms with Gasteiger partial charge in [-0.3, -0.25) is 18.6 Å². The lowest BCUT2D eigenvalue weighted by Gasteiger charge is -2.24. The van der Waals surface area contributed by atoms with E-state index < -0.39 is 26.5 Å². The molecular formula is C44H81NO8P+. The number of quaternary nitrogens is 1. The smallest absolute Gasteiger partial charge is 0.462 e. The lowest BCUT2D eigenvalue weighted by Crippen LogP contribution is -2.37. The average molecular weight is 783 g/mol. The number of rotatable bonds is 38. The first kappa shape index (κ1) is 52.0. The zero-order valence-corrected chi connectivity index (χ0v) is 36.1. The van der Waals surface area contributed by atoms with Crippen molar-refractivity contribution in [2.24, 2.45) is 0 Å². The predicted molar refractivity (Wildman–Crippen MR) is 224 cm³/mol. The molecular weight excluding hydrogens is 701 g/mol. The van der Waals surface area contributed by atoms with Crippen LogP contribution in [-0.4, -0.2) is 74.9 Å². The van der Waals surface area contributed by atoms with Gasteiger partial charge in [-0.2, -0.15) is 0 Å². The molecule has 0 aromatic rings. The van der Waals surface area contributed by atoms with Crippen molar-refractivity contribution >= 4 is 19.8 Å². The summed E-state index contributed by atoms with van der Waals surface area (Å²) in [7, 11) is 1.45. The molecule has 0 fully saturated rings. The number of phosphoric ester groups is 1. The Morgan fingerprint density at radius 1 is 0.593 bits per heavy atom. The number of phosphoric acid groups is 1. The van der Waals surface area contributed by atoms with E-state index >= 15 is 0 Å². The van der Waals surface area contributed by atoms with Gasteiger partial charge in [-0.15, -0.1) is 0 Å². The van der Waals surface area contributed by atoms with Gasteiger partial charge < -0.3 is 18.9 Å². The molecule has 0 amide bonds. The number of carbonyl (C=O) groups excluding carboxylic acids is 2. The molecule has 314 valence electrons. The molecule has 0 saturated carbocycles. The van der Waals surface area contributed by atoms with Crippen molar-refractivity contribution in [1.82, 2.24) is 0 Å². The Balaban J connectivity index is 4.44. The number of esters is 2. The zero-order chi connectivity index (χ0) is 40.0. The molecule has 0 aromatic carbocycles. The van der Waals surface area contributed by atoms with Crippen molar-refractivity contribution in [2.75, 3.05) is 47.5 Å². The molecule has 2 atom stereocenters. The second kappa shape index (κ2) is 36.6. The summed E-state index contributed by atoms with van der Waals surface area (Å²) in [5, 5.41) is 0. The van der Waals surface area contributed by atoms with Crippen molar-refractivity contribution in [3.8, 4) is 0 Å². The van der Waals surface area contributed by atoms with E-state index in [1.165, 1.54) is 77.0 Å². The minimum atomic E-state index is -4.38. The van der Waals surface area contributed by atoms with Gasteiger partial charge in [0.1, 0.15) is 19.8 Å². The molecule has 0 aromatic heterocycles. The van der Waals surface area contributed by atoms with Crippen LogP contribution in [0.3, 0.4) is 0 Å². The maximum Gasteiger partial charge on any atom is 0.472 e. The Morgan fingerprint density at radius 3 is 1.57 bits per heavy atom. The molecule has 0 radical (unpaired) electrons. The molecule has 0 aliphatic rings. The number of allylic oxidation sites excluding steroid dienone is 8. The highest BCUT2D eigenvalue weighted by Crippen LogP contribution is 2.43. The molecule has 0 rings (SSSR count). The van der Waals surface area contributed by atoms with Gasteiger partial charge in [0.2, 0.25) is 0 Å². The summed E-state index contributed by atoms with van der Waals surface area (Å²) < 4.78 is 34.2. The third kappa shape index (κ3) is 39.7. The molecule has 0 aliphatic carbocycles. The standard InChI is InChI=1S/C44H80NO8P/c1-6-8-10-12-14-16-18-20-22-24-26-28-30-32-34-36-43(46)50-40-42(41-52-54(48,49)51-39-38-45(3,4)5)53-44(47)37-35-33-31-29-27-25-23-21-19-17-15-13-11-9-7-2/h9,11,15,17,21,23,27,29,42H,6-8,10,12-14,16,18-20,22,24-26,28,30-41H2,1-5H3/p+1/b11-9-,17-15-,23-21-,29-27-. The van der Waals surface area contributed by atoms with Gasteiger partial charge in [0.25, 0.3) is 0 Å². The van der Waals surface area contributed by atoms with Crippen molar-refractivity contribution < 1.29 is 42.1 Å². The van der Waals surface area contributed by atoms with E-state index in [1.807, 2.05) is 21.1 Å². The normalized spacial score (nSPS) is 14.1. The highest BCUT2D eigenvalue weighted by Gasteiger charge is 2.27. The Kier molecular flexibility index (Phi) is 35.2. The first-order chi connectivity index (χ1) is 26.0. The second-order valence-corrected chi connectivity index (χ2v) is 16.8. The molecule has 54 heavy (non-hydrogen) atoms. The molecule has 1 N–H and O–H groups in total. The first-order valence-electron chi connectivity index (χ1n) is 21.4. The van der Waals surface area contributed by atoms with Crippen LogP contribution in [0, 0.1) is 0 Å². The monoisotopic (exact) mass is 783 g/mol. The van der Waals surface area contributed by atoms with Crippen LogP contribution in [0.5, 0.6) is 0 Å². The summed E-state index contributed by atoms with van der Waals surface area (Å²) in [6.07, 6.45) is 41.6. The van der Waals surface area contributed by atoms with Crippen LogP contribution >= 0.6 is 7.82 Å². The Morgan fingerprint density at radius 2 is 1.06 bits per heavy atom. The van der Waals surface area contributed by atoms with E-state index in [-0.39, 0.29) is 32.0 Å². The summed E-state index contributed by atoms with van der Waals surface area (Å²) in [6.45, 7) is 4.25. The number of ether oxygens (including phenoxy) is 2. The highest BCUT2D eigenvalue weighted by atomic mass is 31.2. The minimum absolute atomic E-state index is 0.0231. The molecule has 0 aliphatic heterocycles. The number of hydrogen-bond donors (Lipinski definition) is 1. The lowest BCUT2D eigenvalue weighted by molar-refractivity contribution is -0.870. The van der Waals surface area contributed by atoms with E-state index in [4.69, 9.17) is 18.5 Å². The summed E-state index contributed by atoms with van der Waals surface area (Å²) in [6, 6.07) is 0. The predicted octanol–water partition coefficient (Wildman–Crippen LogP) is 11.9. The number of nitrogens with zero attached hydrogens (tertiary/aromatic N) is 1. The van der Waals surface area contributed by atoms with Crippen LogP contribution in [0.15, 0.2) is 48.6 Å². The minimum Gasteiger partial charge on any atom is -0.462 e. The third-order valence-electron chi connectivity index (χ3n) is 8.87. The maximum atomic E-state index is 12.6. The van der Waals surface area contributed by atoms with Crippen LogP contribution in [0.1, 0.15) is 168 Å². The molecule has 9 nitrogen and oxygen atoms in total. The molecule has 0 heterocycles. The maximum absolute atomic E-state index is 12.6. The summed E-state index contributed by atoms with van der Waals surface area (Å²) in [5.74, 6) is -0.846. The second-order valence-electron chi connectivity index (χ2n) is 15.4. The first-order valence-corrected chi connectivity index (χ1v) is 22.9. The highest BCUT2D eigenvalue weighted by molar-refractivity contribution is 7.47.